The quantitative estimate of drug-likeness (QED) is 0.648. The molecule has 0 radical (unpaired) electrons. The Labute approximate surface area is 75.2 Å². The highest BCUT2D eigenvalue weighted by molar-refractivity contribution is 6.35. The second kappa shape index (κ2) is 4.27. The molecule has 58 valence electrons. The molecule has 0 heterocycles. The zero-order valence-electron chi connectivity index (χ0n) is 5.63. The number of hydrogen-bond donors (Lipinski definition) is 0. The molecule has 0 bridgehead atoms. The summed E-state index contributed by atoms with van der Waals surface area (Å²) in [5, 5.41) is 0.165. The number of ether oxygens (including phenoxy) is 1. The Morgan fingerprint density at radius 1 is 1.27 bits per heavy atom. The fraction of sp³-hybridized carbons (Fsp3) is 0. The minimum atomic E-state index is 0.165. The molecule has 0 amide bonds. The number of hydrogen-bond acceptors (Lipinski definition) is 1. The van der Waals surface area contributed by atoms with E-state index in [2.05, 4.69) is 0 Å². The summed E-state index contributed by atoms with van der Waals surface area (Å²) in [5.41, 5.74) is 1.18. The maximum absolute atomic E-state index is 5.51. The van der Waals surface area contributed by atoms with Gasteiger partial charge in [-0.05, 0) is 23.7 Å². The molecule has 0 aliphatic carbocycles. The Kier molecular flexibility index (Phi) is 3.27. The summed E-state index contributed by atoms with van der Waals surface area (Å²) in [6.07, 6.45) is 0. The number of halogens is 2. The predicted molar refractivity (Wildman–Crippen MR) is 46.9 cm³/mol. The van der Waals surface area contributed by atoms with Gasteiger partial charge in [0.25, 0.3) is 0 Å². The highest BCUT2D eigenvalue weighted by Gasteiger charge is 1.92. The molecule has 0 spiro atoms. The van der Waals surface area contributed by atoms with Crippen molar-refractivity contribution in [2.45, 2.75) is 0 Å². The maximum Gasteiger partial charge on any atom is 0.205 e. The van der Waals surface area contributed by atoms with Crippen molar-refractivity contribution in [2.75, 3.05) is 0 Å². The largest absolute Gasteiger partial charge is 0.444 e. The normalized spacial score (nSPS) is 11.3. The zero-order chi connectivity index (χ0) is 8.10. The van der Waals surface area contributed by atoms with E-state index >= 15 is 0 Å². The molecule has 1 aromatic carbocycles. The second-order valence-corrected chi connectivity index (χ2v) is 2.42. The molecule has 0 aromatic heterocycles. The van der Waals surface area contributed by atoms with Crippen molar-refractivity contribution in [3.8, 4) is 5.75 Å². The minimum Gasteiger partial charge on any atom is -0.444 e. The van der Waals surface area contributed by atoms with Crippen LogP contribution in [0, 0.1) is 0 Å². The van der Waals surface area contributed by atoms with Crippen LogP contribution in [0.1, 0.15) is 0 Å². The van der Waals surface area contributed by atoms with Crippen LogP contribution in [-0.2, 0) is 0 Å². The molecule has 1 rings (SSSR count). The lowest BCUT2D eigenvalue weighted by Crippen LogP contribution is -1.85. The van der Waals surface area contributed by atoms with E-state index in [9.17, 15) is 0 Å². The Morgan fingerprint density at radius 3 is 2.45 bits per heavy atom. The van der Waals surface area contributed by atoms with Gasteiger partial charge in [-0.25, -0.2) is 0 Å². The fourth-order valence-corrected chi connectivity index (χ4v) is 0.757. The van der Waals surface area contributed by atoms with Gasteiger partial charge < -0.3 is 4.74 Å². The number of para-hydroxylation sites is 1. The molecule has 0 atom stereocenters. The molecule has 0 aliphatic rings. The summed E-state index contributed by atoms with van der Waals surface area (Å²) in [6.45, 7) is 0. The van der Waals surface area contributed by atoms with Crippen molar-refractivity contribution in [1.82, 2.24) is 0 Å². The van der Waals surface area contributed by atoms with E-state index in [1.54, 1.807) is 12.1 Å². The monoisotopic (exact) mass is 188 g/mol. The van der Waals surface area contributed by atoms with Gasteiger partial charge in [0.1, 0.15) is 5.75 Å². The lowest BCUT2D eigenvalue weighted by Gasteiger charge is -2.00. The number of benzene rings is 1. The van der Waals surface area contributed by atoms with Gasteiger partial charge in [0.05, 0.1) is 5.54 Å². The van der Waals surface area contributed by atoms with Gasteiger partial charge in [-0.1, -0.05) is 29.8 Å². The molecular formula is C8H6Cl2O. The molecule has 1 aromatic rings. The van der Waals surface area contributed by atoms with Crippen molar-refractivity contribution in [3.63, 3.8) is 0 Å². The van der Waals surface area contributed by atoms with E-state index in [4.69, 9.17) is 27.9 Å². The molecule has 0 unspecified atom stereocenters. The average molecular weight is 189 g/mol. The van der Waals surface area contributed by atoms with Crippen LogP contribution < -0.4 is 4.74 Å². The maximum atomic E-state index is 5.51. The molecule has 0 aliphatic heterocycles. The SMILES string of the molecule is ClC=C(Cl)Oc1ccccc1. The smallest absolute Gasteiger partial charge is 0.205 e. The van der Waals surface area contributed by atoms with E-state index in [1.807, 2.05) is 18.2 Å². The minimum absolute atomic E-state index is 0.165. The van der Waals surface area contributed by atoms with Gasteiger partial charge in [-0.2, -0.15) is 0 Å². The van der Waals surface area contributed by atoms with Crippen LogP contribution in [0.4, 0.5) is 0 Å². The number of rotatable bonds is 2. The van der Waals surface area contributed by atoms with Gasteiger partial charge in [-0.3, -0.25) is 0 Å². The first-order chi connectivity index (χ1) is 5.33. The average Bonchev–Trinajstić information content (AvgIpc) is 2.06. The highest BCUT2D eigenvalue weighted by atomic mass is 35.5. The summed E-state index contributed by atoms with van der Waals surface area (Å²) in [7, 11) is 0. The topological polar surface area (TPSA) is 9.23 Å². The lowest BCUT2D eigenvalue weighted by molar-refractivity contribution is 0.464. The van der Waals surface area contributed by atoms with Crippen LogP contribution in [0.2, 0.25) is 0 Å². The van der Waals surface area contributed by atoms with Gasteiger partial charge >= 0.3 is 0 Å². The van der Waals surface area contributed by atoms with Crippen molar-refractivity contribution in [1.29, 1.82) is 0 Å². The standard InChI is InChI=1S/C8H6Cl2O/c9-6-8(10)11-7-4-2-1-3-5-7/h1-6H. The fourth-order valence-electron chi connectivity index (χ4n) is 0.623. The molecule has 3 heteroatoms. The van der Waals surface area contributed by atoms with Crippen LogP contribution in [0.25, 0.3) is 0 Å². The van der Waals surface area contributed by atoms with Crippen LogP contribution in [0.5, 0.6) is 5.75 Å². The molecule has 0 saturated heterocycles. The van der Waals surface area contributed by atoms with E-state index in [0.717, 1.165) is 0 Å². The predicted octanol–water partition coefficient (Wildman–Crippen LogP) is 3.34. The van der Waals surface area contributed by atoms with Crippen molar-refractivity contribution >= 4 is 23.2 Å². The van der Waals surface area contributed by atoms with E-state index in [0.29, 0.717) is 5.75 Å². The Bertz CT molecular complexity index is 244. The molecule has 0 N–H and O–H groups in total. The summed E-state index contributed by atoms with van der Waals surface area (Å²) in [4.78, 5) is 0. The molecule has 0 fully saturated rings. The third kappa shape index (κ3) is 2.83. The van der Waals surface area contributed by atoms with Crippen molar-refractivity contribution in [3.05, 3.63) is 41.1 Å². The summed E-state index contributed by atoms with van der Waals surface area (Å²) in [6, 6.07) is 9.19. The Morgan fingerprint density at radius 2 is 1.91 bits per heavy atom. The highest BCUT2D eigenvalue weighted by Crippen LogP contribution is 2.14. The Balaban J connectivity index is 2.65. The third-order valence-corrected chi connectivity index (χ3v) is 1.54. The van der Waals surface area contributed by atoms with Crippen molar-refractivity contribution in [2.24, 2.45) is 0 Å². The summed E-state index contributed by atoms with van der Waals surface area (Å²) >= 11 is 10.8. The first-order valence-corrected chi connectivity index (χ1v) is 3.83. The molecule has 11 heavy (non-hydrogen) atoms. The zero-order valence-corrected chi connectivity index (χ0v) is 7.14. The summed E-state index contributed by atoms with van der Waals surface area (Å²) in [5.74, 6) is 0.675. The molecule has 0 saturated carbocycles. The third-order valence-electron chi connectivity index (χ3n) is 1.04. The van der Waals surface area contributed by atoms with E-state index in [1.165, 1.54) is 5.54 Å². The summed E-state index contributed by atoms with van der Waals surface area (Å²) < 4.78 is 5.06. The first-order valence-electron chi connectivity index (χ1n) is 3.01. The van der Waals surface area contributed by atoms with Crippen molar-refractivity contribution < 1.29 is 4.74 Å². The molecular weight excluding hydrogens is 183 g/mol. The van der Waals surface area contributed by atoms with E-state index in [-0.39, 0.29) is 5.22 Å². The molecule has 1 nitrogen and oxygen atoms in total. The van der Waals surface area contributed by atoms with Crippen LogP contribution in [0.15, 0.2) is 41.1 Å². The second-order valence-electron chi connectivity index (χ2n) is 1.83. The van der Waals surface area contributed by atoms with Gasteiger partial charge in [-0.15, -0.1) is 0 Å². The van der Waals surface area contributed by atoms with Crippen LogP contribution >= 0.6 is 23.2 Å². The van der Waals surface area contributed by atoms with Gasteiger partial charge in [0.2, 0.25) is 5.22 Å². The van der Waals surface area contributed by atoms with Gasteiger partial charge in [0.15, 0.2) is 0 Å². The lowest BCUT2D eigenvalue weighted by atomic mass is 10.3. The van der Waals surface area contributed by atoms with E-state index < -0.39 is 0 Å². The van der Waals surface area contributed by atoms with Crippen LogP contribution in [-0.4, -0.2) is 0 Å². The van der Waals surface area contributed by atoms with Gasteiger partial charge in [0, 0.05) is 0 Å². The Hall–Kier alpha value is -0.660. The first kappa shape index (κ1) is 8.44. The van der Waals surface area contributed by atoms with Crippen LogP contribution in [0.3, 0.4) is 0 Å².